The Hall–Kier alpha value is -2.60. The number of carbonyl (C=O) groups excluding carboxylic acids is 2. The van der Waals surface area contributed by atoms with Gasteiger partial charge in [-0.25, -0.2) is 5.01 Å². The fraction of sp³-hybridized carbons (Fsp3) is 0.316. The number of hydrogen-bond donors (Lipinski definition) is 0. The SMILES string of the molecule is CC(=O)N(C)CC(=O)N1N=C(c2cccn2C)C[C@@H]1c1ccc(Cl)cc1. The summed E-state index contributed by atoms with van der Waals surface area (Å²) in [7, 11) is 3.55. The second-order valence-electron chi connectivity index (χ2n) is 6.44. The van der Waals surface area contributed by atoms with E-state index >= 15 is 0 Å². The van der Waals surface area contributed by atoms with Gasteiger partial charge in [0.1, 0.15) is 6.54 Å². The van der Waals surface area contributed by atoms with Gasteiger partial charge in [-0.1, -0.05) is 23.7 Å². The summed E-state index contributed by atoms with van der Waals surface area (Å²) in [6.45, 7) is 1.43. The van der Waals surface area contributed by atoms with Crippen LogP contribution in [0.15, 0.2) is 47.7 Å². The van der Waals surface area contributed by atoms with Crippen molar-refractivity contribution in [3.63, 3.8) is 0 Å². The molecule has 26 heavy (non-hydrogen) atoms. The summed E-state index contributed by atoms with van der Waals surface area (Å²) < 4.78 is 1.98. The first-order chi connectivity index (χ1) is 12.4. The van der Waals surface area contributed by atoms with Crippen LogP contribution in [0.5, 0.6) is 0 Å². The average molecular weight is 373 g/mol. The second-order valence-corrected chi connectivity index (χ2v) is 6.87. The fourth-order valence-corrected chi connectivity index (χ4v) is 3.11. The maximum absolute atomic E-state index is 12.8. The minimum absolute atomic E-state index is 0.0106. The van der Waals surface area contributed by atoms with Crippen molar-refractivity contribution in [1.82, 2.24) is 14.5 Å². The number of likely N-dealkylation sites (N-methyl/N-ethyl adjacent to an activating group) is 1. The van der Waals surface area contributed by atoms with Crippen molar-refractivity contribution in [2.24, 2.45) is 12.1 Å². The van der Waals surface area contributed by atoms with Crippen LogP contribution in [0.1, 0.15) is 30.6 Å². The van der Waals surface area contributed by atoms with E-state index in [1.165, 1.54) is 16.8 Å². The maximum atomic E-state index is 12.8. The molecule has 3 rings (SSSR count). The van der Waals surface area contributed by atoms with Gasteiger partial charge in [-0.05, 0) is 29.8 Å². The Kier molecular flexibility index (Phi) is 5.13. The number of rotatable bonds is 4. The zero-order valence-electron chi connectivity index (χ0n) is 15.0. The molecule has 2 aromatic rings. The van der Waals surface area contributed by atoms with E-state index in [1.807, 2.05) is 54.2 Å². The molecule has 1 atom stereocenters. The standard InChI is InChI=1S/C19H21ClN4O2/c1-13(25)23(3)12-19(26)24-18(14-6-8-15(20)9-7-14)11-16(21-24)17-5-4-10-22(17)2/h4-10,18H,11-12H2,1-3H3/t18-/m1/s1. The van der Waals surface area contributed by atoms with Crippen LogP contribution in [0.4, 0.5) is 0 Å². The van der Waals surface area contributed by atoms with Crippen molar-refractivity contribution in [1.29, 1.82) is 0 Å². The molecule has 0 spiro atoms. The predicted molar refractivity (Wildman–Crippen MR) is 101 cm³/mol. The summed E-state index contributed by atoms with van der Waals surface area (Å²) in [6.07, 6.45) is 2.55. The van der Waals surface area contributed by atoms with Crippen LogP contribution in [0.2, 0.25) is 5.02 Å². The molecular weight excluding hydrogens is 352 g/mol. The lowest BCUT2D eigenvalue weighted by atomic mass is 10.0. The third-order valence-electron chi connectivity index (χ3n) is 4.57. The van der Waals surface area contributed by atoms with Gasteiger partial charge in [0.05, 0.1) is 17.4 Å². The molecule has 0 fully saturated rings. The molecule has 1 aliphatic heterocycles. The molecule has 6 nitrogen and oxygen atoms in total. The Labute approximate surface area is 157 Å². The third-order valence-corrected chi connectivity index (χ3v) is 4.82. The van der Waals surface area contributed by atoms with Crippen molar-refractivity contribution in [3.8, 4) is 0 Å². The molecule has 0 aliphatic carbocycles. The van der Waals surface area contributed by atoms with Crippen LogP contribution in [0.25, 0.3) is 0 Å². The first-order valence-corrected chi connectivity index (χ1v) is 8.73. The van der Waals surface area contributed by atoms with E-state index in [1.54, 1.807) is 7.05 Å². The van der Waals surface area contributed by atoms with Crippen molar-refractivity contribution < 1.29 is 9.59 Å². The van der Waals surface area contributed by atoms with Crippen LogP contribution in [0, 0.1) is 0 Å². The van der Waals surface area contributed by atoms with Crippen LogP contribution >= 0.6 is 11.6 Å². The Balaban J connectivity index is 1.92. The van der Waals surface area contributed by atoms with E-state index in [-0.39, 0.29) is 24.4 Å². The molecule has 1 aromatic heterocycles. The lowest BCUT2D eigenvalue weighted by Gasteiger charge is -2.24. The molecule has 1 aliphatic rings. The van der Waals surface area contributed by atoms with Gasteiger partial charge in [0.15, 0.2) is 0 Å². The number of benzene rings is 1. The van der Waals surface area contributed by atoms with Crippen molar-refractivity contribution in [3.05, 3.63) is 58.9 Å². The molecule has 0 N–H and O–H groups in total. The van der Waals surface area contributed by atoms with Gasteiger partial charge in [-0.3, -0.25) is 9.59 Å². The summed E-state index contributed by atoms with van der Waals surface area (Å²) in [4.78, 5) is 25.7. The van der Waals surface area contributed by atoms with E-state index < -0.39 is 0 Å². The summed E-state index contributed by atoms with van der Waals surface area (Å²) in [5.41, 5.74) is 2.77. The lowest BCUT2D eigenvalue weighted by Crippen LogP contribution is -2.38. The number of aryl methyl sites for hydroxylation is 1. The normalized spacial score (nSPS) is 16.5. The minimum Gasteiger partial charge on any atom is -0.350 e. The van der Waals surface area contributed by atoms with Crippen molar-refractivity contribution >= 4 is 29.1 Å². The number of carbonyl (C=O) groups is 2. The molecule has 0 saturated heterocycles. The smallest absolute Gasteiger partial charge is 0.262 e. The Morgan fingerprint density at radius 3 is 2.54 bits per heavy atom. The molecule has 0 unspecified atom stereocenters. The molecule has 0 saturated carbocycles. The highest BCUT2D eigenvalue weighted by atomic mass is 35.5. The number of halogens is 1. The zero-order valence-corrected chi connectivity index (χ0v) is 15.8. The number of aromatic nitrogens is 1. The largest absolute Gasteiger partial charge is 0.350 e. The van der Waals surface area contributed by atoms with Crippen LogP contribution in [0.3, 0.4) is 0 Å². The first-order valence-electron chi connectivity index (χ1n) is 8.35. The predicted octanol–water partition coefficient (Wildman–Crippen LogP) is 2.83. The third kappa shape index (κ3) is 3.65. The molecule has 0 bridgehead atoms. The van der Waals surface area contributed by atoms with Gasteiger partial charge in [0.25, 0.3) is 5.91 Å². The summed E-state index contributed by atoms with van der Waals surface area (Å²) >= 11 is 5.99. The highest BCUT2D eigenvalue weighted by Crippen LogP contribution is 2.33. The van der Waals surface area contributed by atoms with Crippen LogP contribution in [-0.4, -0.2) is 45.6 Å². The summed E-state index contributed by atoms with van der Waals surface area (Å²) in [6, 6.07) is 11.1. The Morgan fingerprint density at radius 2 is 1.96 bits per heavy atom. The van der Waals surface area contributed by atoms with Crippen LogP contribution < -0.4 is 0 Å². The van der Waals surface area contributed by atoms with Gasteiger partial charge in [0, 0.05) is 38.7 Å². The number of hydrazone groups is 1. The molecule has 1 aromatic carbocycles. The molecule has 7 heteroatoms. The quantitative estimate of drug-likeness (QED) is 0.828. The van der Waals surface area contributed by atoms with Crippen molar-refractivity contribution in [2.75, 3.05) is 13.6 Å². The maximum Gasteiger partial charge on any atom is 0.262 e. The van der Waals surface area contributed by atoms with E-state index in [9.17, 15) is 9.59 Å². The van der Waals surface area contributed by atoms with Gasteiger partial charge < -0.3 is 9.47 Å². The van der Waals surface area contributed by atoms with Gasteiger partial charge in [-0.2, -0.15) is 5.10 Å². The Bertz CT molecular complexity index is 857. The van der Waals surface area contributed by atoms with E-state index in [0.717, 1.165) is 17.0 Å². The summed E-state index contributed by atoms with van der Waals surface area (Å²) in [5, 5.41) is 6.73. The van der Waals surface area contributed by atoms with Gasteiger partial charge >= 0.3 is 0 Å². The fourth-order valence-electron chi connectivity index (χ4n) is 2.99. The van der Waals surface area contributed by atoms with E-state index in [2.05, 4.69) is 5.10 Å². The minimum atomic E-state index is -0.218. The van der Waals surface area contributed by atoms with Gasteiger partial charge in [-0.15, -0.1) is 0 Å². The van der Waals surface area contributed by atoms with E-state index in [0.29, 0.717) is 11.4 Å². The molecule has 2 amide bonds. The van der Waals surface area contributed by atoms with E-state index in [4.69, 9.17) is 11.6 Å². The number of nitrogens with zero attached hydrogens (tertiary/aromatic N) is 4. The molecular formula is C19H21ClN4O2. The number of amides is 2. The molecule has 2 heterocycles. The van der Waals surface area contributed by atoms with Gasteiger partial charge in [0.2, 0.25) is 5.91 Å². The Morgan fingerprint density at radius 1 is 1.27 bits per heavy atom. The van der Waals surface area contributed by atoms with Crippen molar-refractivity contribution in [2.45, 2.75) is 19.4 Å². The highest BCUT2D eigenvalue weighted by molar-refractivity contribution is 6.30. The zero-order chi connectivity index (χ0) is 18.8. The topological polar surface area (TPSA) is 57.9 Å². The second kappa shape index (κ2) is 7.33. The monoisotopic (exact) mass is 372 g/mol. The summed E-state index contributed by atoms with van der Waals surface area (Å²) in [5.74, 6) is -0.376. The number of hydrogen-bond acceptors (Lipinski definition) is 3. The average Bonchev–Trinajstić information content (AvgIpc) is 3.21. The molecule has 136 valence electrons. The molecule has 0 radical (unpaired) electrons. The first kappa shape index (κ1) is 18.2. The highest BCUT2D eigenvalue weighted by Gasteiger charge is 2.34. The van der Waals surface area contributed by atoms with Crippen LogP contribution in [-0.2, 0) is 16.6 Å². The lowest BCUT2D eigenvalue weighted by molar-refractivity contribution is -0.139.